The lowest BCUT2D eigenvalue weighted by atomic mass is 10.1. The number of hydrogen-bond donors (Lipinski definition) is 8. The number of aliphatic hydroxyl groups is 6. The smallest absolute Gasteiger partial charge is 0.208 e. The molecule has 2 atom stereocenters. The van der Waals surface area contributed by atoms with Crippen LogP contribution in [0.4, 0.5) is 0 Å². The van der Waals surface area contributed by atoms with Crippen LogP contribution in [0.5, 0.6) is 0 Å². The third kappa shape index (κ3) is 2.99. The van der Waals surface area contributed by atoms with Crippen molar-refractivity contribution >= 4 is 5.96 Å². The molecule has 0 fully saturated rings. The van der Waals surface area contributed by atoms with Crippen LogP contribution in [0.3, 0.4) is 0 Å². The SMILES string of the molecule is CON(CO)C1(CO)N(CO)C(N)=NC(CO)(NCO)N1CO. The van der Waals surface area contributed by atoms with Crippen LogP contribution in [0, 0.1) is 0 Å². The van der Waals surface area contributed by atoms with Crippen molar-refractivity contribution in [2.75, 3.05) is 47.2 Å². The van der Waals surface area contributed by atoms with Crippen LogP contribution in [-0.2, 0) is 4.84 Å². The molecule has 1 aliphatic rings. The van der Waals surface area contributed by atoms with E-state index >= 15 is 0 Å². The van der Waals surface area contributed by atoms with Gasteiger partial charge in [0, 0.05) is 0 Å². The van der Waals surface area contributed by atoms with Gasteiger partial charge in [-0.05, 0) is 0 Å². The van der Waals surface area contributed by atoms with Crippen molar-refractivity contribution in [1.82, 2.24) is 20.2 Å². The van der Waals surface area contributed by atoms with E-state index < -0.39 is 51.7 Å². The zero-order chi connectivity index (χ0) is 17.7. The molecular formula is C10H24N6O7. The normalized spacial score (nSPS) is 29.2. The number of nitrogens with zero attached hydrogens (tertiary/aromatic N) is 4. The highest BCUT2D eigenvalue weighted by Crippen LogP contribution is 2.34. The van der Waals surface area contributed by atoms with Gasteiger partial charge in [-0.1, -0.05) is 0 Å². The molecule has 0 saturated heterocycles. The number of hydroxylamine groups is 2. The monoisotopic (exact) mass is 340 g/mol. The van der Waals surface area contributed by atoms with E-state index in [1.165, 1.54) is 7.11 Å². The van der Waals surface area contributed by atoms with Crippen LogP contribution in [0.2, 0.25) is 0 Å². The van der Waals surface area contributed by atoms with E-state index in [-0.39, 0.29) is 5.96 Å². The molecule has 0 aliphatic carbocycles. The van der Waals surface area contributed by atoms with E-state index in [0.717, 1.165) is 14.9 Å². The van der Waals surface area contributed by atoms with Crippen molar-refractivity contribution in [3.63, 3.8) is 0 Å². The molecule has 13 nitrogen and oxygen atoms in total. The first-order valence-corrected chi connectivity index (χ1v) is 6.60. The molecule has 1 aliphatic heterocycles. The van der Waals surface area contributed by atoms with Crippen LogP contribution < -0.4 is 11.1 Å². The second kappa shape index (κ2) is 8.11. The Morgan fingerprint density at radius 2 is 1.83 bits per heavy atom. The molecule has 0 spiro atoms. The van der Waals surface area contributed by atoms with Crippen molar-refractivity contribution in [3.8, 4) is 0 Å². The fraction of sp³-hybridized carbons (Fsp3) is 0.900. The summed E-state index contributed by atoms with van der Waals surface area (Å²) >= 11 is 0. The first kappa shape index (κ1) is 19.9. The minimum atomic E-state index is -1.93. The summed E-state index contributed by atoms with van der Waals surface area (Å²) < 4.78 is 0. The molecule has 1 heterocycles. The van der Waals surface area contributed by atoms with E-state index in [1.807, 2.05) is 0 Å². The first-order valence-electron chi connectivity index (χ1n) is 6.60. The zero-order valence-corrected chi connectivity index (χ0v) is 12.7. The summed E-state index contributed by atoms with van der Waals surface area (Å²) in [5.74, 6) is -4.10. The highest BCUT2D eigenvalue weighted by atomic mass is 16.7. The summed E-state index contributed by atoms with van der Waals surface area (Å²) in [6.07, 6.45) is 0. The number of hydrogen-bond acceptors (Lipinski definition) is 13. The Kier molecular flexibility index (Phi) is 7.02. The number of aliphatic hydroxyl groups excluding tert-OH is 6. The van der Waals surface area contributed by atoms with Crippen molar-refractivity contribution in [2.45, 2.75) is 11.6 Å². The van der Waals surface area contributed by atoms with Gasteiger partial charge < -0.3 is 36.4 Å². The van der Waals surface area contributed by atoms with Crippen LogP contribution in [0.25, 0.3) is 0 Å². The van der Waals surface area contributed by atoms with Crippen LogP contribution in [0.15, 0.2) is 4.99 Å². The topological polar surface area (TPSA) is 191 Å². The van der Waals surface area contributed by atoms with Gasteiger partial charge in [0.2, 0.25) is 11.6 Å². The van der Waals surface area contributed by atoms with Gasteiger partial charge in [-0.15, -0.1) is 5.06 Å². The lowest BCUT2D eigenvalue weighted by Gasteiger charge is -2.59. The fourth-order valence-corrected chi connectivity index (χ4v) is 2.63. The largest absolute Gasteiger partial charge is 0.391 e. The molecule has 0 aromatic rings. The summed E-state index contributed by atoms with van der Waals surface area (Å²) in [5.41, 5.74) is 5.79. The van der Waals surface area contributed by atoms with E-state index in [0.29, 0.717) is 0 Å². The third-order valence-electron chi connectivity index (χ3n) is 3.71. The Morgan fingerprint density at radius 1 is 1.17 bits per heavy atom. The maximum atomic E-state index is 9.97. The van der Waals surface area contributed by atoms with Gasteiger partial charge >= 0.3 is 0 Å². The molecule has 0 aromatic heterocycles. The molecule has 0 saturated carbocycles. The minimum Gasteiger partial charge on any atom is -0.391 e. The second-order valence-electron chi connectivity index (χ2n) is 4.55. The number of nitrogens with one attached hydrogen (secondary N) is 1. The molecule has 13 heteroatoms. The van der Waals surface area contributed by atoms with Crippen LogP contribution in [-0.4, -0.2) is 110 Å². The molecule has 2 unspecified atom stereocenters. The molecule has 9 N–H and O–H groups in total. The van der Waals surface area contributed by atoms with Gasteiger partial charge in [0.05, 0.1) is 27.1 Å². The summed E-state index contributed by atoms with van der Waals surface area (Å²) in [7, 11) is 1.18. The summed E-state index contributed by atoms with van der Waals surface area (Å²) in [6.45, 7) is -4.58. The standard InChI is InChI=1S/C10H24N6O7/c1-23-16(7-22)10(3-18)14(5-20)8(11)13-9(2-17,12-4-19)15(10)6-21/h12,17-22H,2-7H2,1H3,(H2,11,13). The maximum absolute atomic E-state index is 9.97. The summed E-state index contributed by atoms with van der Waals surface area (Å²) in [6, 6.07) is 0. The quantitative estimate of drug-likeness (QED) is 0.147. The zero-order valence-electron chi connectivity index (χ0n) is 12.7. The lowest BCUT2D eigenvalue weighted by Crippen LogP contribution is -2.83. The number of rotatable bonds is 9. The van der Waals surface area contributed by atoms with Gasteiger partial charge in [-0.25, -0.2) is 9.89 Å². The van der Waals surface area contributed by atoms with Gasteiger partial charge in [0.15, 0.2) is 5.96 Å². The Morgan fingerprint density at radius 3 is 2.17 bits per heavy atom. The molecular weight excluding hydrogens is 316 g/mol. The predicted octanol–water partition coefficient (Wildman–Crippen LogP) is -5.54. The Hall–Kier alpha value is -1.13. The van der Waals surface area contributed by atoms with E-state index in [2.05, 4.69) is 10.3 Å². The predicted molar refractivity (Wildman–Crippen MR) is 75.3 cm³/mol. The van der Waals surface area contributed by atoms with Crippen molar-refractivity contribution in [3.05, 3.63) is 0 Å². The Labute approximate surface area is 132 Å². The molecule has 1 rings (SSSR count). The van der Waals surface area contributed by atoms with Crippen molar-refractivity contribution < 1.29 is 35.5 Å². The molecule has 0 amide bonds. The highest BCUT2D eigenvalue weighted by molar-refractivity contribution is 5.80. The van der Waals surface area contributed by atoms with Gasteiger partial charge in [-0.2, -0.15) is 0 Å². The van der Waals surface area contributed by atoms with Gasteiger partial charge in [-0.3, -0.25) is 15.1 Å². The fourth-order valence-electron chi connectivity index (χ4n) is 2.63. The highest BCUT2D eigenvalue weighted by Gasteiger charge is 2.59. The molecule has 0 radical (unpaired) electrons. The molecule has 0 bridgehead atoms. The average molecular weight is 340 g/mol. The molecule has 23 heavy (non-hydrogen) atoms. The average Bonchev–Trinajstić information content (AvgIpc) is 2.55. The second-order valence-corrected chi connectivity index (χ2v) is 4.55. The third-order valence-corrected chi connectivity index (χ3v) is 3.71. The summed E-state index contributed by atoms with van der Waals surface area (Å²) in [4.78, 5) is 10.8. The first-order chi connectivity index (χ1) is 11.0. The Balaban J connectivity index is 3.63. The van der Waals surface area contributed by atoms with E-state index in [9.17, 15) is 30.6 Å². The number of aliphatic imine (C=N–C) groups is 1. The molecule has 0 aromatic carbocycles. The minimum absolute atomic E-state index is 0.336. The Bertz CT molecular complexity index is 411. The van der Waals surface area contributed by atoms with Crippen LogP contribution in [0.1, 0.15) is 0 Å². The van der Waals surface area contributed by atoms with Gasteiger partial charge in [0.25, 0.3) is 0 Å². The summed E-state index contributed by atoms with van der Waals surface area (Å²) in [5, 5.41) is 61.0. The van der Waals surface area contributed by atoms with Crippen molar-refractivity contribution in [1.29, 1.82) is 0 Å². The van der Waals surface area contributed by atoms with E-state index in [4.69, 9.17) is 10.6 Å². The van der Waals surface area contributed by atoms with Crippen LogP contribution >= 0.6 is 0 Å². The number of nitrogens with two attached hydrogens (primary N) is 1. The lowest BCUT2D eigenvalue weighted by molar-refractivity contribution is -0.360. The van der Waals surface area contributed by atoms with E-state index in [1.54, 1.807) is 0 Å². The molecule has 136 valence electrons. The van der Waals surface area contributed by atoms with Gasteiger partial charge in [0.1, 0.15) is 20.2 Å². The van der Waals surface area contributed by atoms with Crippen molar-refractivity contribution in [2.24, 2.45) is 10.7 Å². The number of guanidine groups is 1. The maximum Gasteiger partial charge on any atom is 0.208 e.